The van der Waals surface area contributed by atoms with Gasteiger partial charge in [0.2, 0.25) is 5.91 Å². The highest BCUT2D eigenvalue weighted by Gasteiger charge is 2.03. The molecular formula is C9H11ClN2O2. The first-order valence-corrected chi connectivity index (χ1v) is 4.50. The molecule has 0 aliphatic heterocycles. The number of nitrogen functional groups attached to an aromatic ring is 1. The van der Waals surface area contributed by atoms with Crippen LogP contribution in [0.1, 0.15) is 0 Å². The second kappa shape index (κ2) is 4.72. The molecule has 1 rings (SSSR count). The van der Waals surface area contributed by atoms with E-state index in [-0.39, 0.29) is 11.8 Å². The summed E-state index contributed by atoms with van der Waals surface area (Å²) in [5.41, 5.74) is 6.72. The quantitative estimate of drug-likeness (QED) is 0.591. The molecular weight excluding hydrogens is 204 g/mol. The monoisotopic (exact) mass is 214 g/mol. The van der Waals surface area contributed by atoms with Gasteiger partial charge >= 0.3 is 0 Å². The molecule has 1 aromatic carbocycles. The highest BCUT2D eigenvalue weighted by atomic mass is 35.5. The van der Waals surface area contributed by atoms with E-state index >= 15 is 0 Å². The smallest absolute Gasteiger partial charge is 0.239 e. The Balaban J connectivity index is 2.81. The topological polar surface area (TPSA) is 64.3 Å². The first-order valence-electron chi connectivity index (χ1n) is 3.96. The normalized spacial score (nSPS) is 9.57. The fraction of sp³-hybridized carbons (Fsp3) is 0.222. The predicted molar refractivity (Wildman–Crippen MR) is 56.8 cm³/mol. The van der Waals surface area contributed by atoms with E-state index in [0.29, 0.717) is 17.1 Å². The number of benzene rings is 1. The summed E-state index contributed by atoms with van der Waals surface area (Å²) in [6.45, 7) is 0. The zero-order valence-corrected chi connectivity index (χ0v) is 8.47. The van der Waals surface area contributed by atoms with Crippen molar-refractivity contribution < 1.29 is 9.53 Å². The summed E-state index contributed by atoms with van der Waals surface area (Å²) < 4.78 is 4.97. The minimum atomic E-state index is -0.267. The number of anilines is 2. The number of ether oxygens (including phenoxy) is 1. The largest absolute Gasteiger partial charge is 0.495 e. The van der Waals surface area contributed by atoms with E-state index < -0.39 is 0 Å². The summed E-state index contributed by atoms with van der Waals surface area (Å²) >= 11 is 5.33. The van der Waals surface area contributed by atoms with Crippen LogP contribution in [0.5, 0.6) is 5.75 Å². The van der Waals surface area contributed by atoms with Crippen LogP contribution < -0.4 is 15.8 Å². The van der Waals surface area contributed by atoms with Crippen molar-refractivity contribution in [1.82, 2.24) is 0 Å². The molecule has 0 radical (unpaired) electrons. The van der Waals surface area contributed by atoms with Crippen molar-refractivity contribution in [3.8, 4) is 5.75 Å². The Bertz CT molecular complexity index is 342. The first-order chi connectivity index (χ1) is 6.67. The fourth-order valence-corrected chi connectivity index (χ4v) is 1.07. The third-order valence-corrected chi connectivity index (χ3v) is 1.88. The molecule has 1 aromatic rings. The maximum atomic E-state index is 10.9. The minimum Gasteiger partial charge on any atom is -0.495 e. The standard InChI is InChI=1S/C9H11ClN2O2/c1-14-8-3-2-6(4-7(8)11)12-9(13)5-10/h2-4H,5,11H2,1H3,(H,12,13). The number of nitrogens with two attached hydrogens (primary N) is 1. The fourth-order valence-electron chi connectivity index (χ4n) is 1.01. The van der Waals surface area contributed by atoms with Crippen LogP contribution in [0.2, 0.25) is 0 Å². The summed E-state index contributed by atoms with van der Waals surface area (Å²) in [6, 6.07) is 4.99. The zero-order chi connectivity index (χ0) is 10.6. The van der Waals surface area contributed by atoms with E-state index in [2.05, 4.69) is 5.32 Å². The molecule has 0 fully saturated rings. The van der Waals surface area contributed by atoms with Crippen LogP contribution >= 0.6 is 11.6 Å². The van der Waals surface area contributed by atoms with Gasteiger partial charge in [0.15, 0.2) is 0 Å². The van der Waals surface area contributed by atoms with Gasteiger partial charge in [0.05, 0.1) is 12.8 Å². The molecule has 0 saturated heterocycles. The van der Waals surface area contributed by atoms with E-state index in [9.17, 15) is 4.79 Å². The lowest BCUT2D eigenvalue weighted by Crippen LogP contribution is -2.12. The molecule has 0 unspecified atom stereocenters. The molecule has 0 aromatic heterocycles. The van der Waals surface area contributed by atoms with Gasteiger partial charge in [-0.2, -0.15) is 0 Å². The van der Waals surface area contributed by atoms with Gasteiger partial charge in [-0.25, -0.2) is 0 Å². The van der Waals surface area contributed by atoms with Crippen LogP contribution in [0.15, 0.2) is 18.2 Å². The molecule has 0 atom stereocenters. The van der Waals surface area contributed by atoms with Gasteiger partial charge in [-0.15, -0.1) is 11.6 Å². The molecule has 76 valence electrons. The van der Waals surface area contributed by atoms with Crippen molar-refractivity contribution in [3.63, 3.8) is 0 Å². The Morgan fingerprint density at radius 3 is 2.86 bits per heavy atom. The summed E-state index contributed by atoms with van der Waals surface area (Å²) in [7, 11) is 1.53. The van der Waals surface area contributed by atoms with Gasteiger partial charge in [-0.3, -0.25) is 4.79 Å². The number of amides is 1. The van der Waals surface area contributed by atoms with Crippen LogP contribution in [0.4, 0.5) is 11.4 Å². The van der Waals surface area contributed by atoms with Crippen molar-refractivity contribution in [1.29, 1.82) is 0 Å². The summed E-state index contributed by atoms with van der Waals surface area (Å²) in [5.74, 6) is 0.233. The average Bonchev–Trinajstić information content (AvgIpc) is 2.18. The Morgan fingerprint density at radius 2 is 2.36 bits per heavy atom. The third-order valence-electron chi connectivity index (χ3n) is 1.63. The number of nitrogens with one attached hydrogen (secondary N) is 1. The number of methoxy groups -OCH3 is 1. The number of carbonyl (C=O) groups is 1. The van der Waals surface area contributed by atoms with Crippen LogP contribution in [0, 0.1) is 0 Å². The Morgan fingerprint density at radius 1 is 1.64 bits per heavy atom. The van der Waals surface area contributed by atoms with Crippen molar-refractivity contribution >= 4 is 28.9 Å². The van der Waals surface area contributed by atoms with Gasteiger partial charge in [0.25, 0.3) is 0 Å². The predicted octanol–water partition coefficient (Wildman–Crippen LogP) is 1.45. The summed E-state index contributed by atoms with van der Waals surface area (Å²) in [4.78, 5) is 10.9. The Labute approximate surface area is 87.0 Å². The number of carbonyl (C=O) groups excluding carboxylic acids is 1. The van der Waals surface area contributed by atoms with E-state index in [1.54, 1.807) is 18.2 Å². The molecule has 14 heavy (non-hydrogen) atoms. The third kappa shape index (κ3) is 2.53. The van der Waals surface area contributed by atoms with Crippen molar-refractivity contribution in [2.24, 2.45) is 0 Å². The molecule has 4 nitrogen and oxygen atoms in total. The van der Waals surface area contributed by atoms with E-state index in [0.717, 1.165) is 0 Å². The Hall–Kier alpha value is -1.42. The lowest BCUT2D eigenvalue weighted by molar-refractivity contribution is -0.113. The van der Waals surface area contributed by atoms with Gasteiger partial charge < -0.3 is 15.8 Å². The van der Waals surface area contributed by atoms with E-state index in [4.69, 9.17) is 22.1 Å². The second-order valence-electron chi connectivity index (χ2n) is 2.64. The van der Waals surface area contributed by atoms with E-state index in [1.807, 2.05) is 0 Å². The molecule has 5 heteroatoms. The second-order valence-corrected chi connectivity index (χ2v) is 2.91. The number of hydrogen-bond acceptors (Lipinski definition) is 3. The maximum absolute atomic E-state index is 10.9. The molecule has 0 heterocycles. The summed E-state index contributed by atoms with van der Waals surface area (Å²) in [5, 5.41) is 2.58. The van der Waals surface area contributed by atoms with Gasteiger partial charge in [-0.1, -0.05) is 0 Å². The van der Waals surface area contributed by atoms with Crippen LogP contribution in [-0.4, -0.2) is 18.9 Å². The highest BCUT2D eigenvalue weighted by Crippen LogP contribution is 2.24. The maximum Gasteiger partial charge on any atom is 0.239 e. The van der Waals surface area contributed by atoms with Crippen molar-refractivity contribution in [3.05, 3.63) is 18.2 Å². The van der Waals surface area contributed by atoms with Crippen molar-refractivity contribution in [2.75, 3.05) is 24.0 Å². The molecule has 0 saturated carbocycles. The van der Waals surface area contributed by atoms with Gasteiger partial charge in [-0.05, 0) is 18.2 Å². The van der Waals surface area contributed by atoms with Crippen LogP contribution in [-0.2, 0) is 4.79 Å². The number of hydrogen-bond donors (Lipinski definition) is 2. The van der Waals surface area contributed by atoms with E-state index in [1.165, 1.54) is 7.11 Å². The number of alkyl halides is 1. The average molecular weight is 215 g/mol. The molecule has 0 aliphatic rings. The lowest BCUT2D eigenvalue weighted by atomic mass is 10.2. The molecule has 0 aliphatic carbocycles. The first kappa shape index (κ1) is 10.7. The molecule has 1 amide bonds. The van der Waals surface area contributed by atoms with Gasteiger partial charge in [0.1, 0.15) is 11.6 Å². The molecule has 0 spiro atoms. The SMILES string of the molecule is COc1ccc(NC(=O)CCl)cc1N. The molecule has 3 N–H and O–H groups in total. The van der Waals surface area contributed by atoms with Crippen molar-refractivity contribution in [2.45, 2.75) is 0 Å². The lowest BCUT2D eigenvalue weighted by Gasteiger charge is -2.07. The highest BCUT2D eigenvalue weighted by molar-refractivity contribution is 6.29. The number of halogens is 1. The summed E-state index contributed by atoms with van der Waals surface area (Å²) in [6.07, 6.45) is 0. The molecule has 0 bridgehead atoms. The number of rotatable bonds is 3. The van der Waals surface area contributed by atoms with Gasteiger partial charge in [0, 0.05) is 5.69 Å². The van der Waals surface area contributed by atoms with Crippen LogP contribution in [0.3, 0.4) is 0 Å². The van der Waals surface area contributed by atoms with Crippen LogP contribution in [0.25, 0.3) is 0 Å². The zero-order valence-electron chi connectivity index (χ0n) is 7.71. The minimum absolute atomic E-state index is 0.0774. The Kier molecular flexibility index (Phi) is 3.59.